The molecule has 6 heteroatoms. The third-order valence-corrected chi connectivity index (χ3v) is 6.06. The van der Waals surface area contributed by atoms with Crippen LogP contribution in [0.15, 0.2) is 23.1 Å². The number of morpholine rings is 1. The quantitative estimate of drug-likeness (QED) is 0.893. The number of hydrogen-bond acceptors (Lipinski definition) is 4. The standard InChI is InChI=1S/C15H22N2O3S/c1-17(11-14-10-16-7-8-20-14)21(18,19)15-6-5-12-3-2-4-13(12)9-15/h5-6,9,14,16H,2-4,7-8,10-11H2,1H3. The minimum absolute atomic E-state index is 0.0760. The number of likely N-dealkylation sites (N-methyl/N-ethyl adjacent to an activating group) is 1. The van der Waals surface area contributed by atoms with Crippen LogP contribution < -0.4 is 5.32 Å². The van der Waals surface area contributed by atoms with Crippen molar-refractivity contribution >= 4 is 10.0 Å². The number of nitrogens with zero attached hydrogens (tertiary/aromatic N) is 1. The van der Waals surface area contributed by atoms with E-state index in [1.54, 1.807) is 13.1 Å². The Morgan fingerprint density at radius 1 is 1.33 bits per heavy atom. The molecule has 1 saturated heterocycles. The summed E-state index contributed by atoms with van der Waals surface area (Å²) < 4.78 is 32.3. The van der Waals surface area contributed by atoms with Crippen molar-refractivity contribution in [2.45, 2.75) is 30.3 Å². The van der Waals surface area contributed by atoms with Crippen molar-refractivity contribution in [3.05, 3.63) is 29.3 Å². The number of rotatable bonds is 4. The van der Waals surface area contributed by atoms with Gasteiger partial charge in [0.05, 0.1) is 17.6 Å². The molecule has 1 aliphatic carbocycles. The fourth-order valence-corrected chi connectivity index (χ4v) is 4.26. The van der Waals surface area contributed by atoms with Crippen LogP contribution in [0.4, 0.5) is 0 Å². The minimum atomic E-state index is -3.43. The molecule has 116 valence electrons. The second-order valence-corrected chi connectivity index (χ2v) is 7.81. The lowest BCUT2D eigenvalue weighted by atomic mass is 10.1. The van der Waals surface area contributed by atoms with Gasteiger partial charge in [0.15, 0.2) is 0 Å². The molecule has 1 aliphatic heterocycles. The van der Waals surface area contributed by atoms with Crippen LogP contribution in [0.1, 0.15) is 17.5 Å². The van der Waals surface area contributed by atoms with E-state index in [1.807, 2.05) is 12.1 Å². The van der Waals surface area contributed by atoms with E-state index in [0.29, 0.717) is 24.6 Å². The van der Waals surface area contributed by atoms with E-state index in [4.69, 9.17) is 4.74 Å². The Morgan fingerprint density at radius 2 is 2.14 bits per heavy atom. The average molecular weight is 310 g/mol. The van der Waals surface area contributed by atoms with Crippen LogP contribution in [0.3, 0.4) is 0 Å². The smallest absolute Gasteiger partial charge is 0.242 e. The third kappa shape index (κ3) is 3.13. The SMILES string of the molecule is CN(CC1CNCCO1)S(=O)(=O)c1ccc2c(c1)CCC2. The molecule has 0 aromatic heterocycles. The first kappa shape index (κ1) is 15.0. The Labute approximate surface area is 126 Å². The molecule has 1 aromatic rings. The van der Waals surface area contributed by atoms with Gasteiger partial charge in [-0.1, -0.05) is 6.07 Å². The maximum Gasteiger partial charge on any atom is 0.242 e. The van der Waals surface area contributed by atoms with Crippen LogP contribution in [0, 0.1) is 0 Å². The fourth-order valence-electron chi connectivity index (χ4n) is 3.01. The molecule has 1 fully saturated rings. The van der Waals surface area contributed by atoms with Gasteiger partial charge < -0.3 is 10.1 Å². The summed E-state index contributed by atoms with van der Waals surface area (Å²) in [4.78, 5) is 0.398. The van der Waals surface area contributed by atoms with Crippen molar-refractivity contribution < 1.29 is 13.2 Å². The molecule has 2 aliphatic rings. The maximum absolute atomic E-state index is 12.7. The van der Waals surface area contributed by atoms with Crippen LogP contribution >= 0.6 is 0 Å². The Hall–Kier alpha value is -0.950. The molecule has 0 spiro atoms. The van der Waals surface area contributed by atoms with Gasteiger partial charge in [-0.3, -0.25) is 0 Å². The van der Waals surface area contributed by atoms with E-state index >= 15 is 0 Å². The number of aryl methyl sites for hydroxylation is 2. The molecule has 5 nitrogen and oxygen atoms in total. The molecule has 0 radical (unpaired) electrons. The van der Waals surface area contributed by atoms with E-state index in [-0.39, 0.29) is 6.10 Å². The molecule has 3 rings (SSSR count). The van der Waals surface area contributed by atoms with Crippen molar-refractivity contribution in [2.75, 3.05) is 33.3 Å². The predicted molar refractivity (Wildman–Crippen MR) is 80.9 cm³/mol. The van der Waals surface area contributed by atoms with E-state index in [2.05, 4.69) is 5.32 Å². The van der Waals surface area contributed by atoms with Gasteiger partial charge in [-0.05, 0) is 42.5 Å². The van der Waals surface area contributed by atoms with Crippen molar-refractivity contribution in [3.8, 4) is 0 Å². The molecule has 0 bridgehead atoms. The molecule has 1 aromatic carbocycles. The Bertz CT molecular complexity index is 609. The molecular weight excluding hydrogens is 288 g/mol. The zero-order valence-corrected chi connectivity index (χ0v) is 13.2. The molecule has 21 heavy (non-hydrogen) atoms. The zero-order chi connectivity index (χ0) is 14.9. The summed E-state index contributed by atoms with van der Waals surface area (Å²) >= 11 is 0. The highest BCUT2D eigenvalue weighted by Gasteiger charge is 2.26. The topological polar surface area (TPSA) is 58.6 Å². The van der Waals surface area contributed by atoms with Crippen molar-refractivity contribution in [1.29, 1.82) is 0 Å². The van der Waals surface area contributed by atoms with Gasteiger partial charge >= 0.3 is 0 Å². The molecule has 1 N–H and O–H groups in total. The number of fused-ring (bicyclic) bond motifs is 1. The highest BCUT2D eigenvalue weighted by Crippen LogP contribution is 2.26. The number of ether oxygens (including phenoxy) is 1. The van der Waals surface area contributed by atoms with Gasteiger partial charge in [0.25, 0.3) is 0 Å². The van der Waals surface area contributed by atoms with Gasteiger partial charge in [-0.15, -0.1) is 0 Å². The summed E-state index contributed by atoms with van der Waals surface area (Å²) in [7, 11) is -1.81. The molecule has 1 heterocycles. The summed E-state index contributed by atoms with van der Waals surface area (Å²) in [5, 5.41) is 3.22. The Kier molecular flexibility index (Phi) is 4.31. The summed E-state index contributed by atoms with van der Waals surface area (Å²) in [6.45, 7) is 2.55. The van der Waals surface area contributed by atoms with Crippen molar-refractivity contribution in [3.63, 3.8) is 0 Å². The van der Waals surface area contributed by atoms with E-state index in [0.717, 1.165) is 25.8 Å². The van der Waals surface area contributed by atoms with Crippen molar-refractivity contribution in [2.24, 2.45) is 0 Å². The van der Waals surface area contributed by atoms with Gasteiger partial charge in [-0.2, -0.15) is 4.31 Å². The third-order valence-electron chi connectivity index (χ3n) is 4.24. The lowest BCUT2D eigenvalue weighted by Crippen LogP contribution is -2.45. The van der Waals surface area contributed by atoms with E-state index < -0.39 is 10.0 Å². The van der Waals surface area contributed by atoms with Crippen LogP contribution in [0.5, 0.6) is 0 Å². The summed E-state index contributed by atoms with van der Waals surface area (Å²) in [5.74, 6) is 0. The number of sulfonamides is 1. The summed E-state index contributed by atoms with van der Waals surface area (Å²) in [6, 6.07) is 5.53. The highest BCUT2D eigenvalue weighted by molar-refractivity contribution is 7.89. The largest absolute Gasteiger partial charge is 0.374 e. The number of benzene rings is 1. The average Bonchev–Trinajstić information content (AvgIpc) is 2.95. The second-order valence-electron chi connectivity index (χ2n) is 5.77. The number of hydrogen-bond donors (Lipinski definition) is 1. The van der Waals surface area contributed by atoms with Crippen molar-refractivity contribution in [1.82, 2.24) is 9.62 Å². The van der Waals surface area contributed by atoms with Gasteiger partial charge in [0.2, 0.25) is 10.0 Å². The summed E-state index contributed by atoms with van der Waals surface area (Å²) in [6.07, 6.45) is 3.09. The van der Waals surface area contributed by atoms with Gasteiger partial charge in [0, 0.05) is 26.7 Å². The molecule has 0 amide bonds. The highest BCUT2D eigenvalue weighted by atomic mass is 32.2. The fraction of sp³-hybridized carbons (Fsp3) is 0.600. The monoisotopic (exact) mass is 310 g/mol. The summed E-state index contributed by atoms with van der Waals surface area (Å²) in [5.41, 5.74) is 2.47. The van der Waals surface area contributed by atoms with Crippen LogP contribution in [0.25, 0.3) is 0 Å². The molecule has 1 atom stereocenters. The number of nitrogens with one attached hydrogen (secondary N) is 1. The normalized spacial score (nSPS) is 22.5. The molecule has 0 saturated carbocycles. The van der Waals surface area contributed by atoms with E-state index in [9.17, 15) is 8.42 Å². The first-order valence-electron chi connectivity index (χ1n) is 7.48. The Morgan fingerprint density at radius 3 is 2.90 bits per heavy atom. The van der Waals surface area contributed by atoms with Gasteiger partial charge in [-0.25, -0.2) is 8.42 Å². The lowest BCUT2D eigenvalue weighted by Gasteiger charge is -2.27. The first-order chi connectivity index (χ1) is 10.1. The zero-order valence-electron chi connectivity index (χ0n) is 12.3. The van der Waals surface area contributed by atoms with Crippen LogP contribution in [-0.2, 0) is 27.6 Å². The van der Waals surface area contributed by atoms with Gasteiger partial charge in [0.1, 0.15) is 0 Å². The van der Waals surface area contributed by atoms with E-state index in [1.165, 1.54) is 15.4 Å². The maximum atomic E-state index is 12.7. The second kappa shape index (κ2) is 6.04. The Balaban J connectivity index is 1.75. The first-order valence-corrected chi connectivity index (χ1v) is 8.92. The minimum Gasteiger partial charge on any atom is -0.374 e. The van der Waals surface area contributed by atoms with Crippen LogP contribution in [0.2, 0.25) is 0 Å². The molecule has 1 unspecified atom stereocenters. The lowest BCUT2D eigenvalue weighted by molar-refractivity contribution is 0.0206. The van der Waals surface area contributed by atoms with Crippen LogP contribution in [-0.4, -0.2) is 52.1 Å². The predicted octanol–water partition coefficient (Wildman–Crippen LogP) is 0.784. The molecular formula is C15H22N2O3S.